The quantitative estimate of drug-likeness (QED) is 0.252. The fourth-order valence-corrected chi connectivity index (χ4v) is 3.45. The first-order chi connectivity index (χ1) is 16.3. The van der Waals surface area contributed by atoms with Gasteiger partial charge in [-0.2, -0.15) is 0 Å². The molecule has 11 heteroatoms. The van der Waals surface area contributed by atoms with E-state index in [1.807, 2.05) is 11.6 Å². The van der Waals surface area contributed by atoms with Crippen LogP contribution in [0.2, 0.25) is 0 Å². The van der Waals surface area contributed by atoms with Crippen LogP contribution in [-0.4, -0.2) is 43.9 Å². The number of nitrogens with zero attached hydrogens (tertiary/aromatic N) is 4. The second kappa shape index (κ2) is 10.7. The maximum atomic E-state index is 13.1. The number of hydrogen-bond donors (Lipinski definition) is 3. The molecule has 0 saturated heterocycles. The van der Waals surface area contributed by atoms with E-state index < -0.39 is 18.4 Å². The van der Waals surface area contributed by atoms with E-state index in [9.17, 15) is 14.7 Å². The number of carboxylic acids is 1. The Morgan fingerprint density at radius 2 is 1.83 bits per heavy atom. The van der Waals surface area contributed by atoms with E-state index in [0.717, 1.165) is 10.4 Å². The van der Waals surface area contributed by atoms with Crippen LogP contribution < -0.4 is 15.4 Å². The Morgan fingerprint density at radius 1 is 1.11 bits per heavy atom. The molecule has 4 N–H and O–H groups in total. The highest BCUT2D eigenvalue weighted by Crippen LogP contribution is 2.21. The van der Waals surface area contributed by atoms with Crippen LogP contribution in [0.25, 0.3) is 11.0 Å². The summed E-state index contributed by atoms with van der Waals surface area (Å²) in [6.07, 6.45) is 1.50. The molecular weight excluding hydrogens is 472 g/mol. The Hall–Kier alpha value is -4.44. The van der Waals surface area contributed by atoms with Gasteiger partial charge in [0, 0.05) is 24.4 Å². The molecule has 0 radical (unpaired) electrons. The first-order valence-corrected chi connectivity index (χ1v) is 10.3. The van der Waals surface area contributed by atoms with E-state index in [1.165, 1.54) is 6.20 Å². The monoisotopic (exact) mass is 494 g/mol. The number of benzene rings is 2. The molecule has 2 aromatic heterocycles. The van der Waals surface area contributed by atoms with E-state index in [2.05, 4.69) is 9.97 Å². The maximum Gasteiger partial charge on any atom is 0.323 e. The van der Waals surface area contributed by atoms with Gasteiger partial charge in [-0.05, 0) is 54.6 Å². The third-order valence-corrected chi connectivity index (χ3v) is 5.22. The number of imidazole rings is 1. The molecule has 4 aromatic rings. The van der Waals surface area contributed by atoms with Gasteiger partial charge in [-0.15, -0.1) is 12.4 Å². The molecule has 2 aromatic carbocycles. The number of hydrogen-bond acceptors (Lipinski definition) is 6. The average Bonchev–Trinajstić information content (AvgIpc) is 3.16. The standard InChI is InChI=1S/C24H22N6O4.ClH/c1-29-19-10-7-16(24(33)30(13-22(31)32)20-4-2-3-11-27-20)12-18(19)28-21(29)14-34-17-8-5-15(6-9-17)23(25)26;/h2-12H,13-14H2,1H3,(H3,25,26)(H,31,32);1H. The van der Waals surface area contributed by atoms with E-state index >= 15 is 0 Å². The first kappa shape index (κ1) is 25.2. The number of aromatic nitrogens is 3. The summed E-state index contributed by atoms with van der Waals surface area (Å²) < 4.78 is 7.67. The molecule has 0 aliphatic carbocycles. The SMILES string of the molecule is Cl.Cn1c(COc2ccc(C(=N)N)cc2)nc2cc(C(=O)N(CC(=O)O)c3ccccn3)ccc21. The molecule has 4 rings (SSSR count). The molecule has 10 nitrogen and oxygen atoms in total. The molecule has 0 fully saturated rings. The summed E-state index contributed by atoms with van der Waals surface area (Å²) >= 11 is 0. The molecule has 0 aliphatic rings. The molecule has 0 spiro atoms. The van der Waals surface area contributed by atoms with Gasteiger partial charge in [-0.3, -0.25) is 19.9 Å². The van der Waals surface area contributed by atoms with Gasteiger partial charge in [0.15, 0.2) is 0 Å². The fourth-order valence-electron chi connectivity index (χ4n) is 3.45. The van der Waals surface area contributed by atoms with Crippen molar-refractivity contribution < 1.29 is 19.4 Å². The maximum absolute atomic E-state index is 13.1. The number of fused-ring (bicyclic) bond motifs is 1. The summed E-state index contributed by atoms with van der Waals surface area (Å²) in [5, 5.41) is 16.7. The van der Waals surface area contributed by atoms with Gasteiger partial charge in [0.25, 0.3) is 5.91 Å². The van der Waals surface area contributed by atoms with Crippen molar-refractivity contribution in [2.75, 3.05) is 11.4 Å². The van der Waals surface area contributed by atoms with E-state index in [0.29, 0.717) is 28.2 Å². The number of halogens is 1. The number of nitrogens with two attached hydrogens (primary N) is 1. The predicted molar refractivity (Wildman–Crippen MR) is 133 cm³/mol. The number of aliphatic carboxylic acids is 1. The Labute approximate surface area is 206 Å². The lowest BCUT2D eigenvalue weighted by molar-refractivity contribution is -0.135. The predicted octanol–water partition coefficient (Wildman–Crippen LogP) is 2.98. The smallest absolute Gasteiger partial charge is 0.323 e. The molecule has 35 heavy (non-hydrogen) atoms. The summed E-state index contributed by atoms with van der Waals surface area (Å²) in [5.74, 6) is -0.154. The number of nitrogen functional groups attached to an aromatic ring is 1. The van der Waals surface area contributed by atoms with Crippen LogP contribution in [0, 0.1) is 5.41 Å². The highest BCUT2D eigenvalue weighted by atomic mass is 35.5. The minimum atomic E-state index is -1.14. The number of aryl methyl sites for hydroxylation is 1. The van der Waals surface area contributed by atoms with Crippen LogP contribution in [0.1, 0.15) is 21.7 Å². The van der Waals surface area contributed by atoms with Crippen LogP contribution in [-0.2, 0) is 18.4 Å². The Bertz CT molecular complexity index is 1370. The third kappa shape index (κ3) is 5.56. The van der Waals surface area contributed by atoms with Gasteiger partial charge in [0.1, 0.15) is 36.4 Å². The molecular formula is C24H23ClN6O4. The van der Waals surface area contributed by atoms with Crippen molar-refractivity contribution in [1.82, 2.24) is 14.5 Å². The second-order valence-electron chi connectivity index (χ2n) is 7.49. The van der Waals surface area contributed by atoms with Crippen LogP contribution in [0.4, 0.5) is 5.82 Å². The molecule has 0 bridgehead atoms. The minimum absolute atomic E-state index is 0. The summed E-state index contributed by atoms with van der Waals surface area (Å²) in [7, 11) is 1.85. The number of ether oxygens (including phenoxy) is 1. The van der Waals surface area contributed by atoms with Crippen LogP contribution in [0.3, 0.4) is 0 Å². The van der Waals surface area contributed by atoms with Gasteiger partial charge < -0.3 is 20.1 Å². The van der Waals surface area contributed by atoms with E-state index in [-0.39, 0.29) is 30.7 Å². The zero-order chi connectivity index (χ0) is 24.2. The van der Waals surface area contributed by atoms with Crippen molar-refractivity contribution in [2.45, 2.75) is 6.61 Å². The number of amides is 1. The molecule has 0 saturated carbocycles. The Kier molecular flexibility index (Phi) is 7.67. The Morgan fingerprint density at radius 3 is 2.46 bits per heavy atom. The molecule has 0 unspecified atom stereocenters. The molecule has 180 valence electrons. The van der Waals surface area contributed by atoms with Crippen molar-refractivity contribution >= 4 is 47.0 Å². The summed E-state index contributed by atoms with van der Waals surface area (Å²) in [5.41, 5.74) is 7.75. The topological polar surface area (TPSA) is 147 Å². The number of anilines is 1. The van der Waals surface area contributed by atoms with Gasteiger partial charge >= 0.3 is 5.97 Å². The third-order valence-electron chi connectivity index (χ3n) is 5.22. The lowest BCUT2D eigenvalue weighted by Crippen LogP contribution is -2.36. The van der Waals surface area contributed by atoms with Crippen molar-refractivity contribution in [1.29, 1.82) is 5.41 Å². The molecule has 1 amide bonds. The number of carboxylic acid groups (broad SMARTS) is 1. The van der Waals surface area contributed by atoms with Gasteiger partial charge in [0.05, 0.1) is 11.0 Å². The van der Waals surface area contributed by atoms with Gasteiger partial charge in [0.2, 0.25) is 0 Å². The largest absolute Gasteiger partial charge is 0.486 e. The molecule has 0 aliphatic heterocycles. The highest BCUT2D eigenvalue weighted by molar-refractivity contribution is 6.09. The summed E-state index contributed by atoms with van der Waals surface area (Å²) in [6, 6.07) is 16.8. The first-order valence-electron chi connectivity index (χ1n) is 10.3. The lowest BCUT2D eigenvalue weighted by Gasteiger charge is -2.19. The van der Waals surface area contributed by atoms with Crippen LogP contribution in [0.5, 0.6) is 5.75 Å². The minimum Gasteiger partial charge on any atom is -0.486 e. The van der Waals surface area contributed by atoms with E-state index in [1.54, 1.807) is 60.7 Å². The van der Waals surface area contributed by atoms with Crippen molar-refractivity contribution in [3.63, 3.8) is 0 Å². The number of carbonyl (C=O) groups excluding carboxylic acids is 1. The highest BCUT2D eigenvalue weighted by Gasteiger charge is 2.22. The lowest BCUT2D eigenvalue weighted by atomic mass is 10.1. The number of rotatable bonds is 8. The van der Waals surface area contributed by atoms with Crippen LogP contribution >= 0.6 is 12.4 Å². The number of amidine groups is 1. The normalized spacial score (nSPS) is 10.4. The van der Waals surface area contributed by atoms with Crippen molar-refractivity contribution in [3.05, 3.63) is 83.8 Å². The fraction of sp³-hybridized carbons (Fsp3) is 0.125. The number of nitrogens with one attached hydrogen (secondary N) is 1. The van der Waals surface area contributed by atoms with Crippen molar-refractivity contribution in [3.8, 4) is 5.75 Å². The number of pyridine rings is 1. The average molecular weight is 495 g/mol. The second-order valence-corrected chi connectivity index (χ2v) is 7.49. The zero-order valence-corrected chi connectivity index (χ0v) is 19.5. The summed E-state index contributed by atoms with van der Waals surface area (Å²) in [6.45, 7) is -0.329. The van der Waals surface area contributed by atoms with Gasteiger partial charge in [-0.1, -0.05) is 6.07 Å². The van der Waals surface area contributed by atoms with Crippen LogP contribution in [0.15, 0.2) is 66.9 Å². The number of carbonyl (C=O) groups is 2. The zero-order valence-electron chi connectivity index (χ0n) is 18.7. The van der Waals surface area contributed by atoms with E-state index in [4.69, 9.17) is 15.9 Å². The molecule has 2 heterocycles. The summed E-state index contributed by atoms with van der Waals surface area (Å²) in [4.78, 5) is 34.3. The van der Waals surface area contributed by atoms with Crippen molar-refractivity contribution in [2.24, 2.45) is 12.8 Å². The Balaban J connectivity index is 0.00000342. The van der Waals surface area contributed by atoms with Gasteiger partial charge in [-0.25, -0.2) is 9.97 Å². The molecule has 0 atom stereocenters.